The molecule has 0 aliphatic carbocycles. The summed E-state index contributed by atoms with van der Waals surface area (Å²) in [6.45, 7) is 0.331. The van der Waals surface area contributed by atoms with Gasteiger partial charge in [0.15, 0.2) is 0 Å². The molecule has 1 aromatic rings. The molecule has 0 saturated heterocycles. The lowest BCUT2D eigenvalue weighted by molar-refractivity contribution is -0.137. The van der Waals surface area contributed by atoms with Crippen LogP contribution in [-0.4, -0.2) is 13.6 Å². The number of halogens is 4. The SMILES string of the molecule is CNCC#Cc1cc(F)cc(C(F)(F)F)c1. The molecule has 0 aliphatic rings. The molecule has 1 nitrogen and oxygen atoms in total. The minimum atomic E-state index is -4.55. The fourth-order valence-corrected chi connectivity index (χ4v) is 1.06. The molecule has 86 valence electrons. The molecular formula is C11H9F4N. The number of hydrogen-bond acceptors (Lipinski definition) is 1. The molecule has 0 bridgehead atoms. The zero-order chi connectivity index (χ0) is 12.2. The van der Waals surface area contributed by atoms with Crippen LogP contribution in [0.3, 0.4) is 0 Å². The molecule has 0 spiro atoms. The van der Waals surface area contributed by atoms with Crippen LogP contribution in [0.4, 0.5) is 17.6 Å². The molecule has 0 aliphatic heterocycles. The second kappa shape index (κ2) is 4.99. The predicted octanol–water partition coefficient (Wildman–Crippen LogP) is 2.42. The van der Waals surface area contributed by atoms with Crippen LogP contribution < -0.4 is 5.32 Å². The summed E-state index contributed by atoms with van der Waals surface area (Å²) in [5, 5.41) is 2.71. The van der Waals surface area contributed by atoms with Gasteiger partial charge in [0.25, 0.3) is 0 Å². The van der Waals surface area contributed by atoms with Gasteiger partial charge in [0, 0.05) is 5.56 Å². The summed E-state index contributed by atoms with van der Waals surface area (Å²) in [6.07, 6.45) is -4.55. The van der Waals surface area contributed by atoms with Crippen LogP contribution in [0.15, 0.2) is 18.2 Å². The normalized spacial score (nSPS) is 10.8. The third-order valence-electron chi connectivity index (χ3n) is 1.72. The van der Waals surface area contributed by atoms with Gasteiger partial charge in [0.2, 0.25) is 0 Å². The zero-order valence-corrected chi connectivity index (χ0v) is 8.45. The molecular weight excluding hydrogens is 222 g/mol. The van der Waals surface area contributed by atoms with E-state index in [-0.39, 0.29) is 5.56 Å². The third-order valence-corrected chi connectivity index (χ3v) is 1.72. The molecule has 0 heterocycles. The highest BCUT2D eigenvalue weighted by molar-refractivity contribution is 5.38. The average molecular weight is 231 g/mol. The van der Waals surface area contributed by atoms with Crippen molar-refractivity contribution in [2.24, 2.45) is 0 Å². The van der Waals surface area contributed by atoms with Crippen molar-refractivity contribution in [1.29, 1.82) is 0 Å². The average Bonchev–Trinajstić information content (AvgIpc) is 2.16. The molecule has 1 N–H and O–H groups in total. The Morgan fingerprint density at radius 3 is 2.50 bits per heavy atom. The maximum Gasteiger partial charge on any atom is 0.416 e. The van der Waals surface area contributed by atoms with Gasteiger partial charge in [-0.1, -0.05) is 11.8 Å². The molecule has 1 aromatic carbocycles. The maximum absolute atomic E-state index is 12.9. The predicted molar refractivity (Wildman–Crippen MR) is 52.2 cm³/mol. The second-order valence-electron chi connectivity index (χ2n) is 3.06. The van der Waals surface area contributed by atoms with E-state index < -0.39 is 17.6 Å². The van der Waals surface area contributed by atoms with Gasteiger partial charge < -0.3 is 5.32 Å². The van der Waals surface area contributed by atoms with E-state index in [9.17, 15) is 17.6 Å². The molecule has 0 unspecified atom stereocenters. The van der Waals surface area contributed by atoms with Crippen LogP contribution in [0.25, 0.3) is 0 Å². The van der Waals surface area contributed by atoms with Crippen LogP contribution in [0.2, 0.25) is 0 Å². The summed E-state index contributed by atoms with van der Waals surface area (Å²) >= 11 is 0. The van der Waals surface area contributed by atoms with E-state index in [0.717, 1.165) is 12.1 Å². The van der Waals surface area contributed by atoms with Gasteiger partial charge in [-0.3, -0.25) is 0 Å². The monoisotopic (exact) mass is 231 g/mol. The minimum Gasteiger partial charge on any atom is -0.309 e. The van der Waals surface area contributed by atoms with Crippen molar-refractivity contribution in [1.82, 2.24) is 5.32 Å². The smallest absolute Gasteiger partial charge is 0.309 e. The van der Waals surface area contributed by atoms with Gasteiger partial charge in [0.1, 0.15) is 5.82 Å². The lowest BCUT2D eigenvalue weighted by Gasteiger charge is -2.06. The van der Waals surface area contributed by atoms with Gasteiger partial charge in [-0.2, -0.15) is 13.2 Å². The molecule has 0 saturated carbocycles. The lowest BCUT2D eigenvalue weighted by Crippen LogP contribution is -2.06. The number of alkyl halides is 3. The first kappa shape index (κ1) is 12.5. The van der Waals surface area contributed by atoms with Crippen molar-refractivity contribution >= 4 is 0 Å². The Balaban J connectivity index is 3.05. The first-order valence-electron chi connectivity index (χ1n) is 4.45. The number of benzene rings is 1. The van der Waals surface area contributed by atoms with Gasteiger partial charge in [-0.15, -0.1) is 0 Å². The van der Waals surface area contributed by atoms with E-state index >= 15 is 0 Å². The quantitative estimate of drug-likeness (QED) is 0.578. The topological polar surface area (TPSA) is 12.0 Å². The van der Waals surface area contributed by atoms with Crippen molar-refractivity contribution in [2.45, 2.75) is 6.18 Å². The first-order valence-corrected chi connectivity index (χ1v) is 4.45. The van der Waals surface area contributed by atoms with Crippen LogP contribution in [0.5, 0.6) is 0 Å². The Labute approximate surface area is 90.5 Å². The largest absolute Gasteiger partial charge is 0.416 e. The van der Waals surface area contributed by atoms with E-state index in [4.69, 9.17) is 0 Å². The van der Waals surface area contributed by atoms with E-state index in [0.29, 0.717) is 12.6 Å². The first-order chi connectivity index (χ1) is 7.43. The Bertz CT molecular complexity index is 426. The summed E-state index contributed by atoms with van der Waals surface area (Å²) in [7, 11) is 1.65. The van der Waals surface area contributed by atoms with E-state index in [1.54, 1.807) is 7.05 Å². The lowest BCUT2D eigenvalue weighted by atomic mass is 10.1. The molecule has 5 heteroatoms. The van der Waals surface area contributed by atoms with E-state index in [2.05, 4.69) is 17.2 Å². The van der Waals surface area contributed by atoms with E-state index in [1.807, 2.05) is 0 Å². The number of rotatable bonds is 1. The van der Waals surface area contributed by atoms with Crippen molar-refractivity contribution in [3.63, 3.8) is 0 Å². The van der Waals surface area contributed by atoms with E-state index in [1.165, 1.54) is 0 Å². The van der Waals surface area contributed by atoms with Crippen molar-refractivity contribution < 1.29 is 17.6 Å². The fourth-order valence-electron chi connectivity index (χ4n) is 1.06. The van der Waals surface area contributed by atoms with Crippen LogP contribution in [0, 0.1) is 17.7 Å². The molecule has 0 atom stereocenters. The van der Waals surface area contributed by atoms with Crippen LogP contribution in [-0.2, 0) is 6.18 Å². The highest BCUT2D eigenvalue weighted by Crippen LogP contribution is 2.30. The van der Waals surface area contributed by atoms with Gasteiger partial charge in [-0.25, -0.2) is 4.39 Å². The van der Waals surface area contributed by atoms with Crippen molar-refractivity contribution in [3.05, 3.63) is 35.1 Å². The summed E-state index contributed by atoms with van der Waals surface area (Å²) in [5.74, 6) is 4.07. The Morgan fingerprint density at radius 2 is 1.94 bits per heavy atom. The highest BCUT2D eigenvalue weighted by Gasteiger charge is 2.31. The zero-order valence-electron chi connectivity index (χ0n) is 8.45. The van der Waals surface area contributed by atoms with Gasteiger partial charge >= 0.3 is 6.18 Å². The minimum absolute atomic E-state index is 0.0163. The third kappa shape index (κ3) is 3.55. The highest BCUT2D eigenvalue weighted by atomic mass is 19.4. The Kier molecular flexibility index (Phi) is 3.91. The maximum atomic E-state index is 12.9. The Hall–Kier alpha value is -1.54. The molecule has 0 radical (unpaired) electrons. The van der Waals surface area contributed by atoms with Crippen molar-refractivity contribution in [2.75, 3.05) is 13.6 Å². The number of hydrogen-bond donors (Lipinski definition) is 1. The van der Waals surface area contributed by atoms with Crippen LogP contribution in [0.1, 0.15) is 11.1 Å². The molecule has 0 aromatic heterocycles. The second-order valence-corrected chi connectivity index (χ2v) is 3.06. The summed E-state index contributed by atoms with van der Waals surface area (Å²) in [4.78, 5) is 0. The van der Waals surface area contributed by atoms with Crippen molar-refractivity contribution in [3.8, 4) is 11.8 Å². The summed E-state index contributed by atoms with van der Waals surface area (Å²) in [5.41, 5.74) is -1.01. The van der Waals surface area contributed by atoms with Gasteiger partial charge in [-0.05, 0) is 25.2 Å². The molecule has 0 amide bonds. The fraction of sp³-hybridized carbons (Fsp3) is 0.273. The van der Waals surface area contributed by atoms with Gasteiger partial charge in [0.05, 0.1) is 12.1 Å². The summed E-state index contributed by atoms with van der Waals surface area (Å²) < 4.78 is 49.8. The Morgan fingerprint density at radius 1 is 1.25 bits per heavy atom. The molecule has 1 rings (SSSR count). The molecule has 16 heavy (non-hydrogen) atoms. The van der Waals surface area contributed by atoms with Crippen LogP contribution >= 0.6 is 0 Å². The number of nitrogens with one attached hydrogen (secondary N) is 1. The molecule has 0 fully saturated rings. The summed E-state index contributed by atoms with van der Waals surface area (Å²) in [6, 6.07) is 2.24. The standard InChI is InChI=1S/C11H9F4N/c1-16-4-2-3-8-5-9(11(13,14)15)7-10(12)6-8/h5-7,16H,4H2,1H3.